The van der Waals surface area contributed by atoms with E-state index in [0.29, 0.717) is 51.6 Å². The number of aromatic nitrogens is 1. The monoisotopic (exact) mass is 812 g/mol. The number of carbonyl (C=O) groups is 2. The highest BCUT2D eigenvalue weighted by Gasteiger charge is 2.38. The van der Waals surface area contributed by atoms with E-state index in [4.69, 9.17) is 42.1 Å². The molecule has 3 aliphatic heterocycles. The molecule has 4 aromatic rings. The van der Waals surface area contributed by atoms with Crippen LogP contribution < -0.4 is 24.3 Å². The second kappa shape index (κ2) is 17.1. The molecule has 1 aliphatic carbocycles. The molecule has 4 fully saturated rings. The Kier molecular flexibility index (Phi) is 12.0. The van der Waals surface area contributed by atoms with E-state index in [1.807, 2.05) is 0 Å². The Morgan fingerprint density at radius 2 is 1.71 bits per heavy atom. The van der Waals surface area contributed by atoms with Crippen molar-refractivity contribution in [3.63, 3.8) is 0 Å². The first-order valence-corrected chi connectivity index (χ1v) is 19.2. The molecule has 4 heterocycles. The normalized spacial score (nSPS) is 19.9. The van der Waals surface area contributed by atoms with Gasteiger partial charge in [0.05, 0.1) is 19.3 Å². The number of aromatic carboxylic acids is 1. The SMILES string of the molecule is COc1cccc(C(Nc2ccc(C(=O)O)c([C@@H](Cc3c(Cl)c[n+](O)cc3Cl)c3ccc(OC(F)F)c(OCC4CC4)c3)c2)C(=O)O[C@H]2CN3CCC2CC3)c1. The lowest BCUT2D eigenvalue weighted by atomic mass is 9.83. The Morgan fingerprint density at radius 3 is 2.36 bits per heavy atom. The van der Waals surface area contributed by atoms with E-state index in [-0.39, 0.29) is 51.5 Å². The Labute approximate surface area is 332 Å². The summed E-state index contributed by atoms with van der Waals surface area (Å²) in [5.74, 6) is -1.57. The summed E-state index contributed by atoms with van der Waals surface area (Å²) in [5.41, 5.74) is 2.07. The number of esters is 1. The summed E-state index contributed by atoms with van der Waals surface area (Å²) >= 11 is 13.2. The molecular weight excluding hydrogens is 771 g/mol. The number of carboxylic acids is 1. The van der Waals surface area contributed by atoms with Gasteiger partial charge < -0.3 is 29.4 Å². The Hall–Kier alpha value is -4.85. The van der Waals surface area contributed by atoms with Crippen LogP contribution >= 0.6 is 23.2 Å². The highest BCUT2D eigenvalue weighted by molar-refractivity contribution is 6.35. The number of halogens is 4. The zero-order valence-electron chi connectivity index (χ0n) is 30.5. The molecule has 56 heavy (non-hydrogen) atoms. The molecule has 11 nitrogen and oxygen atoms in total. The maximum absolute atomic E-state index is 14.1. The minimum absolute atomic E-state index is 0.0142. The van der Waals surface area contributed by atoms with Gasteiger partial charge in [0.25, 0.3) is 0 Å². The van der Waals surface area contributed by atoms with Crippen LogP contribution in [-0.4, -0.2) is 73.2 Å². The number of carbonyl (C=O) groups excluding carboxylic acids is 1. The topological polar surface area (TPSA) is 131 Å². The average Bonchev–Trinajstić information content (AvgIpc) is 4.01. The van der Waals surface area contributed by atoms with Gasteiger partial charge in [-0.15, -0.1) is 0 Å². The average molecular weight is 814 g/mol. The largest absolute Gasteiger partial charge is 0.497 e. The zero-order chi connectivity index (χ0) is 39.5. The third-order valence-corrected chi connectivity index (χ3v) is 11.4. The van der Waals surface area contributed by atoms with Crippen LogP contribution in [0.15, 0.2) is 73.1 Å². The molecule has 296 valence electrons. The smallest absolute Gasteiger partial charge is 0.387 e. The third kappa shape index (κ3) is 9.22. The number of pyridine rings is 1. The van der Waals surface area contributed by atoms with Gasteiger partial charge in [0.1, 0.15) is 21.9 Å². The van der Waals surface area contributed by atoms with Crippen molar-refractivity contribution in [1.82, 2.24) is 4.90 Å². The number of nitrogens with zero attached hydrogens (tertiary/aromatic N) is 2. The Morgan fingerprint density at radius 1 is 0.964 bits per heavy atom. The first-order valence-electron chi connectivity index (χ1n) is 18.5. The van der Waals surface area contributed by atoms with Gasteiger partial charge in [-0.3, -0.25) is 10.1 Å². The fourth-order valence-corrected chi connectivity index (χ4v) is 8.16. The predicted octanol–water partition coefficient (Wildman–Crippen LogP) is 7.78. The lowest BCUT2D eigenvalue weighted by Crippen LogP contribution is -2.52. The van der Waals surface area contributed by atoms with E-state index in [9.17, 15) is 28.7 Å². The van der Waals surface area contributed by atoms with Gasteiger partial charge in [-0.1, -0.05) is 41.4 Å². The van der Waals surface area contributed by atoms with Gasteiger partial charge in [0, 0.05) is 28.4 Å². The van der Waals surface area contributed by atoms with E-state index in [1.165, 1.54) is 31.6 Å². The van der Waals surface area contributed by atoms with Crippen LogP contribution in [-0.2, 0) is 16.0 Å². The summed E-state index contributed by atoms with van der Waals surface area (Å²) in [7, 11) is 1.53. The molecule has 0 radical (unpaired) electrons. The highest BCUT2D eigenvalue weighted by Crippen LogP contribution is 2.42. The predicted molar refractivity (Wildman–Crippen MR) is 202 cm³/mol. The van der Waals surface area contributed by atoms with Crippen molar-refractivity contribution in [1.29, 1.82) is 0 Å². The molecule has 0 amide bonds. The van der Waals surface area contributed by atoms with Gasteiger partial charge in [-0.2, -0.15) is 8.78 Å². The number of hydrogen-bond donors (Lipinski definition) is 3. The fraction of sp³-hybridized carbons (Fsp3) is 0.390. The number of alkyl halides is 2. The second-order valence-corrected chi connectivity index (χ2v) is 15.3. The van der Waals surface area contributed by atoms with Crippen LogP contribution in [0.1, 0.15) is 70.3 Å². The number of carboxylic acid groups (broad SMARTS) is 1. The molecule has 15 heteroatoms. The van der Waals surface area contributed by atoms with Crippen molar-refractivity contribution < 1.29 is 52.4 Å². The minimum Gasteiger partial charge on any atom is -0.497 e. The summed E-state index contributed by atoms with van der Waals surface area (Å²) in [5, 5.41) is 24.1. The van der Waals surface area contributed by atoms with Gasteiger partial charge in [0.2, 0.25) is 12.4 Å². The zero-order valence-corrected chi connectivity index (χ0v) is 32.0. The summed E-state index contributed by atoms with van der Waals surface area (Å²) in [6.07, 6.45) is 6.06. The van der Waals surface area contributed by atoms with Crippen LogP contribution in [0.4, 0.5) is 14.5 Å². The number of nitrogens with one attached hydrogen (secondary N) is 1. The highest BCUT2D eigenvalue weighted by atomic mass is 35.5. The molecule has 1 saturated carbocycles. The first-order chi connectivity index (χ1) is 26.9. The van der Waals surface area contributed by atoms with E-state index < -0.39 is 30.5 Å². The quantitative estimate of drug-likeness (QED) is 0.0586. The van der Waals surface area contributed by atoms with Crippen molar-refractivity contribution in [3.05, 3.63) is 111 Å². The summed E-state index contributed by atoms with van der Waals surface area (Å²) in [4.78, 5) is 29.3. The molecule has 3 saturated heterocycles. The number of fused-ring (bicyclic) bond motifs is 3. The first kappa shape index (κ1) is 39.4. The third-order valence-electron chi connectivity index (χ3n) is 10.7. The second-order valence-electron chi connectivity index (χ2n) is 14.5. The Balaban J connectivity index is 1.30. The van der Waals surface area contributed by atoms with Crippen LogP contribution in [0, 0.1) is 11.8 Å². The van der Waals surface area contributed by atoms with Crippen LogP contribution in [0.3, 0.4) is 0 Å². The number of anilines is 1. The summed E-state index contributed by atoms with van der Waals surface area (Å²) in [6, 6.07) is 15.2. The molecule has 0 spiro atoms. The van der Waals surface area contributed by atoms with Gasteiger partial charge in [-0.05, 0) is 116 Å². The molecule has 8 rings (SSSR count). The molecular formula is C41H42Cl2F2N3O8+. The number of rotatable bonds is 16. The number of hydrogen-bond acceptors (Lipinski definition) is 9. The fourth-order valence-electron chi connectivity index (χ4n) is 7.55. The lowest BCUT2D eigenvalue weighted by Gasteiger charge is -2.44. The maximum Gasteiger partial charge on any atom is 0.387 e. The van der Waals surface area contributed by atoms with Crippen molar-refractivity contribution >= 4 is 40.8 Å². The van der Waals surface area contributed by atoms with Crippen LogP contribution in [0.2, 0.25) is 10.0 Å². The van der Waals surface area contributed by atoms with E-state index in [1.54, 1.807) is 48.5 Å². The standard InChI is InChI=1S/C41H41Cl2F2N3O8/c1-53-28-4-2-3-26(15-28)38(40(51)55-37-21-47-13-11-24(37)12-14-47)46-27-8-9-29(39(49)50)31(17-27)30(18-32-33(42)19-48(52)20-34(32)43)25-7-10-35(56-41(44)45)36(16-25)54-22-23-5-6-23/h2-4,7-10,15-17,19-20,23-24,30,37-38,41,46H,5-6,11-14,18,21-22H2,1H3,(H-,49,50,52)/p+1/t30-,37-,38?/m0/s1. The molecule has 3 N–H and O–H groups in total. The lowest BCUT2D eigenvalue weighted by molar-refractivity contribution is -0.904. The van der Waals surface area contributed by atoms with Crippen molar-refractivity contribution in [3.8, 4) is 17.2 Å². The van der Waals surface area contributed by atoms with Crippen molar-refractivity contribution in [2.45, 2.75) is 56.8 Å². The Bertz CT molecular complexity index is 2060. The number of ether oxygens (including phenoxy) is 4. The summed E-state index contributed by atoms with van der Waals surface area (Å²) in [6.45, 7) is -0.197. The number of benzene rings is 3. The molecule has 3 atom stereocenters. The van der Waals surface area contributed by atoms with E-state index >= 15 is 0 Å². The van der Waals surface area contributed by atoms with Gasteiger partial charge in [-0.25, -0.2) is 9.59 Å². The van der Waals surface area contributed by atoms with Crippen molar-refractivity contribution in [2.24, 2.45) is 11.8 Å². The molecule has 1 aromatic heterocycles. The number of methoxy groups -OCH3 is 1. The maximum atomic E-state index is 14.1. The van der Waals surface area contributed by atoms with Crippen LogP contribution in [0.5, 0.6) is 17.2 Å². The molecule has 2 bridgehead atoms. The van der Waals surface area contributed by atoms with Crippen LogP contribution in [0.25, 0.3) is 0 Å². The number of piperidine rings is 3. The van der Waals surface area contributed by atoms with E-state index in [0.717, 1.165) is 38.8 Å². The van der Waals surface area contributed by atoms with Gasteiger partial charge >= 0.3 is 18.6 Å². The molecule has 4 aliphatic rings. The van der Waals surface area contributed by atoms with Crippen molar-refractivity contribution in [2.75, 3.05) is 38.7 Å². The van der Waals surface area contributed by atoms with E-state index in [2.05, 4.69) is 10.2 Å². The van der Waals surface area contributed by atoms with Gasteiger partial charge in [0.15, 0.2) is 17.5 Å². The molecule has 3 aromatic carbocycles. The minimum atomic E-state index is -3.11. The molecule has 1 unspecified atom stereocenters. The summed E-state index contributed by atoms with van der Waals surface area (Å²) < 4.78 is 50.1.